The van der Waals surface area contributed by atoms with Gasteiger partial charge in [0.15, 0.2) is 23.3 Å². The molecule has 0 atom stereocenters. The van der Waals surface area contributed by atoms with E-state index in [1.807, 2.05) is 36.4 Å². The predicted molar refractivity (Wildman–Crippen MR) is 78.2 cm³/mol. The fourth-order valence-corrected chi connectivity index (χ4v) is 1.95. The SMILES string of the molecule is c1ccc(-c2n[nH]c(-c3nc(-c4ccccn4)n[nH]3)n2)nc1. The average molecular weight is 290 g/mol. The summed E-state index contributed by atoms with van der Waals surface area (Å²) in [5, 5.41) is 13.9. The summed E-state index contributed by atoms with van der Waals surface area (Å²) in [6, 6.07) is 11.1. The Hall–Kier alpha value is -3.42. The third-order valence-electron chi connectivity index (χ3n) is 2.98. The van der Waals surface area contributed by atoms with E-state index in [9.17, 15) is 0 Å². The van der Waals surface area contributed by atoms with Gasteiger partial charge in [0, 0.05) is 12.4 Å². The summed E-state index contributed by atoms with van der Waals surface area (Å²) < 4.78 is 0. The molecule has 0 amide bonds. The van der Waals surface area contributed by atoms with Crippen molar-refractivity contribution >= 4 is 0 Å². The maximum absolute atomic E-state index is 4.37. The molecular formula is C14H10N8. The van der Waals surface area contributed by atoms with E-state index >= 15 is 0 Å². The maximum Gasteiger partial charge on any atom is 0.200 e. The van der Waals surface area contributed by atoms with E-state index in [1.54, 1.807) is 12.4 Å². The van der Waals surface area contributed by atoms with E-state index in [-0.39, 0.29) is 0 Å². The highest BCUT2D eigenvalue weighted by molar-refractivity contribution is 5.56. The number of hydrogen-bond acceptors (Lipinski definition) is 6. The Morgan fingerprint density at radius 3 is 1.55 bits per heavy atom. The number of aromatic amines is 2. The van der Waals surface area contributed by atoms with Crippen LogP contribution in [0.15, 0.2) is 48.8 Å². The first kappa shape index (κ1) is 12.3. The van der Waals surface area contributed by atoms with Crippen molar-refractivity contribution in [2.75, 3.05) is 0 Å². The van der Waals surface area contributed by atoms with Gasteiger partial charge in [-0.15, -0.1) is 0 Å². The molecule has 0 aliphatic carbocycles. The van der Waals surface area contributed by atoms with E-state index in [0.717, 1.165) is 0 Å². The molecule has 0 aliphatic rings. The predicted octanol–water partition coefficient (Wildman–Crippen LogP) is 1.71. The van der Waals surface area contributed by atoms with Crippen LogP contribution >= 0.6 is 0 Å². The van der Waals surface area contributed by atoms with E-state index in [4.69, 9.17) is 0 Å². The molecular weight excluding hydrogens is 280 g/mol. The van der Waals surface area contributed by atoms with Gasteiger partial charge in [-0.05, 0) is 24.3 Å². The second kappa shape index (κ2) is 5.17. The van der Waals surface area contributed by atoms with Crippen molar-refractivity contribution in [3.63, 3.8) is 0 Å². The molecule has 8 heteroatoms. The largest absolute Gasteiger partial charge is 0.256 e. The van der Waals surface area contributed by atoms with Gasteiger partial charge in [-0.1, -0.05) is 12.1 Å². The van der Waals surface area contributed by atoms with Gasteiger partial charge in [0.1, 0.15) is 11.4 Å². The van der Waals surface area contributed by atoms with Crippen LogP contribution in [-0.4, -0.2) is 40.3 Å². The Labute approximate surface area is 124 Å². The van der Waals surface area contributed by atoms with Crippen molar-refractivity contribution in [3.8, 4) is 34.7 Å². The lowest BCUT2D eigenvalue weighted by Gasteiger charge is -1.91. The summed E-state index contributed by atoms with van der Waals surface area (Å²) in [5.74, 6) is 2.00. The molecule has 106 valence electrons. The maximum atomic E-state index is 4.37. The highest BCUT2D eigenvalue weighted by atomic mass is 15.3. The lowest BCUT2D eigenvalue weighted by Crippen LogP contribution is -1.86. The smallest absolute Gasteiger partial charge is 0.200 e. The molecule has 0 spiro atoms. The van der Waals surface area contributed by atoms with Crippen molar-refractivity contribution in [2.45, 2.75) is 0 Å². The summed E-state index contributed by atoms with van der Waals surface area (Å²) in [6.45, 7) is 0. The van der Waals surface area contributed by atoms with Crippen molar-refractivity contribution in [1.82, 2.24) is 40.3 Å². The third kappa shape index (κ3) is 2.22. The molecule has 0 radical (unpaired) electrons. The molecule has 0 saturated carbocycles. The molecule has 4 aromatic rings. The van der Waals surface area contributed by atoms with Gasteiger partial charge in [0.25, 0.3) is 0 Å². The summed E-state index contributed by atoms with van der Waals surface area (Å²) in [4.78, 5) is 17.2. The molecule has 0 aliphatic heterocycles. The second-order valence-electron chi connectivity index (χ2n) is 4.45. The van der Waals surface area contributed by atoms with Crippen LogP contribution in [0.1, 0.15) is 0 Å². The van der Waals surface area contributed by atoms with E-state index < -0.39 is 0 Å². The van der Waals surface area contributed by atoms with E-state index in [1.165, 1.54) is 0 Å². The van der Waals surface area contributed by atoms with Crippen molar-refractivity contribution in [3.05, 3.63) is 48.8 Å². The minimum atomic E-state index is 0.496. The molecule has 4 rings (SSSR count). The summed E-state index contributed by atoms with van der Waals surface area (Å²) >= 11 is 0. The van der Waals surface area contributed by atoms with E-state index in [2.05, 4.69) is 40.3 Å². The van der Waals surface area contributed by atoms with Gasteiger partial charge in [0.2, 0.25) is 0 Å². The standard InChI is InChI=1S/C14H10N8/c1-3-7-15-9(5-1)11-17-13(21-19-11)14-18-12(20-22-14)10-6-2-4-8-16-10/h1-8H,(H,17,19,21)(H,18,20,22). The average Bonchev–Trinajstić information content (AvgIpc) is 3.26. The van der Waals surface area contributed by atoms with Crippen LogP contribution < -0.4 is 0 Å². The number of aromatic nitrogens is 8. The number of nitrogens with one attached hydrogen (secondary N) is 2. The van der Waals surface area contributed by atoms with Crippen LogP contribution in [0.3, 0.4) is 0 Å². The summed E-state index contributed by atoms with van der Waals surface area (Å²) in [6.07, 6.45) is 3.39. The number of hydrogen-bond donors (Lipinski definition) is 2. The van der Waals surface area contributed by atoms with E-state index in [0.29, 0.717) is 34.7 Å². The van der Waals surface area contributed by atoms with Crippen molar-refractivity contribution in [1.29, 1.82) is 0 Å². The fourth-order valence-electron chi connectivity index (χ4n) is 1.95. The molecule has 0 bridgehead atoms. The third-order valence-corrected chi connectivity index (χ3v) is 2.98. The lowest BCUT2D eigenvalue weighted by atomic mass is 10.3. The quantitative estimate of drug-likeness (QED) is 0.594. The second-order valence-corrected chi connectivity index (χ2v) is 4.45. The number of rotatable bonds is 3. The van der Waals surface area contributed by atoms with Crippen LogP contribution in [0, 0.1) is 0 Å². The molecule has 2 N–H and O–H groups in total. The van der Waals surface area contributed by atoms with Gasteiger partial charge in [-0.3, -0.25) is 20.2 Å². The van der Waals surface area contributed by atoms with Gasteiger partial charge in [-0.25, -0.2) is 9.97 Å². The number of nitrogens with zero attached hydrogens (tertiary/aromatic N) is 6. The van der Waals surface area contributed by atoms with Gasteiger partial charge < -0.3 is 0 Å². The highest BCUT2D eigenvalue weighted by Crippen LogP contribution is 2.17. The first-order valence-corrected chi connectivity index (χ1v) is 6.58. The monoisotopic (exact) mass is 290 g/mol. The Morgan fingerprint density at radius 2 is 1.14 bits per heavy atom. The first-order chi connectivity index (χ1) is 10.9. The topological polar surface area (TPSA) is 109 Å². The molecule has 0 aromatic carbocycles. The fraction of sp³-hybridized carbons (Fsp3) is 0. The molecule has 8 nitrogen and oxygen atoms in total. The Kier molecular flexibility index (Phi) is 2.90. The Morgan fingerprint density at radius 1 is 0.636 bits per heavy atom. The molecule has 0 fully saturated rings. The molecule has 0 unspecified atom stereocenters. The minimum absolute atomic E-state index is 0.496. The van der Waals surface area contributed by atoms with Gasteiger partial charge in [-0.2, -0.15) is 10.2 Å². The lowest BCUT2D eigenvalue weighted by molar-refractivity contribution is 1.05. The van der Waals surface area contributed by atoms with Crippen LogP contribution in [0.5, 0.6) is 0 Å². The van der Waals surface area contributed by atoms with Gasteiger partial charge in [0.05, 0.1) is 0 Å². The zero-order chi connectivity index (χ0) is 14.8. The van der Waals surface area contributed by atoms with Crippen molar-refractivity contribution < 1.29 is 0 Å². The zero-order valence-electron chi connectivity index (χ0n) is 11.3. The Balaban J connectivity index is 1.66. The molecule has 22 heavy (non-hydrogen) atoms. The highest BCUT2D eigenvalue weighted by Gasteiger charge is 2.13. The summed E-state index contributed by atoms with van der Waals surface area (Å²) in [5.41, 5.74) is 1.38. The number of pyridine rings is 2. The number of H-pyrrole nitrogens is 2. The van der Waals surface area contributed by atoms with Gasteiger partial charge >= 0.3 is 0 Å². The summed E-state index contributed by atoms with van der Waals surface area (Å²) in [7, 11) is 0. The van der Waals surface area contributed by atoms with Crippen LogP contribution in [0.2, 0.25) is 0 Å². The molecule has 4 aromatic heterocycles. The minimum Gasteiger partial charge on any atom is -0.256 e. The molecule has 4 heterocycles. The van der Waals surface area contributed by atoms with Crippen LogP contribution in [0.25, 0.3) is 34.7 Å². The Bertz CT molecular complexity index is 806. The van der Waals surface area contributed by atoms with Crippen molar-refractivity contribution in [2.24, 2.45) is 0 Å². The van der Waals surface area contributed by atoms with Crippen LogP contribution in [-0.2, 0) is 0 Å². The zero-order valence-corrected chi connectivity index (χ0v) is 11.3. The molecule has 0 saturated heterocycles. The normalized spacial score (nSPS) is 10.7. The first-order valence-electron chi connectivity index (χ1n) is 6.58. The van der Waals surface area contributed by atoms with Crippen LogP contribution in [0.4, 0.5) is 0 Å².